The molecular weight excluding hydrogens is 402 g/mol. The first-order valence-electron chi connectivity index (χ1n) is 5.95. The number of H-pyrrole nitrogens is 1. The molecule has 0 aliphatic heterocycles. The Kier molecular flexibility index (Phi) is 4.20. The number of rotatable bonds is 3. The predicted molar refractivity (Wildman–Crippen MR) is 77.6 cm³/mol. The van der Waals surface area contributed by atoms with Gasteiger partial charge >= 0.3 is 12.1 Å². The highest BCUT2D eigenvalue weighted by atomic mass is 127. The van der Waals surface area contributed by atoms with E-state index in [1.165, 1.54) is 13.0 Å². The fourth-order valence-corrected chi connectivity index (χ4v) is 2.50. The first-order valence-corrected chi connectivity index (χ1v) is 7.03. The van der Waals surface area contributed by atoms with E-state index in [1.54, 1.807) is 12.1 Å². The molecule has 0 aliphatic carbocycles. The molecule has 2 aromatic rings. The molecule has 2 N–H and O–H groups in total. The van der Waals surface area contributed by atoms with E-state index in [2.05, 4.69) is 9.72 Å². The number of esters is 1. The van der Waals surface area contributed by atoms with Crippen molar-refractivity contribution < 1.29 is 27.8 Å². The maximum absolute atomic E-state index is 13.3. The fourth-order valence-electron chi connectivity index (χ4n) is 2.01. The standard InChI is InChI=1S/C13H11F3INO3/c1-2-21-11(19)12(20,13(14,15)16)9-6-18-10-4-3-7(17)5-8(9)10/h3-6,18,20H,2H2,1H3/t12-/m1/s1. The molecule has 21 heavy (non-hydrogen) atoms. The maximum Gasteiger partial charge on any atom is 0.432 e. The largest absolute Gasteiger partial charge is 0.463 e. The monoisotopic (exact) mass is 413 g/mol. The van der Waals surface area contributed by atoms with Crippen molar-refractivity contribution in [3.8, 4) is 0 Å². The number of carbonyl (C=O) groups is 1. The van der Waals surface area contributed by atoms with Crippen LogP contribution in [0, 0.1) is 3.57 Å². The molecule has 8 heteroatoms. The molecule has 1 heterocycles. The van der Waals surface area contributed by atoms with Gasteiger partial charge in [-0.25, -0.2) is 4.79 Å². The molecule has 1 atom stereocenters. The van der Waals surface area contributed by atoms with E-state index in [-0.39, 0.29) is 12.0 Å². The second-order valence-corrected chi connectivity index (χ2v) is 5.57. The number of carbonyl (C=O) groups excluding carboxylic acids is 1. The quantitative estimate of drug-likeness (QED) is 0.601. The van der Waals surface area contributed by atoms with E-state index in [9.17, 15) is 23.1 Å². The molecule has 0 saturated carbocycles. The lowest BCUT2D eigenvalue weighted by Gasteiger charge is -2.27. The molecule has 0 saturated heterocycles. The number of aromatic nitrogens is 1. The molecular formula is C13H11F3INO3. The number of ether oxygens (including phenoxy) is 1. The van der Waals surface area contributed by atoms with Gasteiger partial charge < -0.3 is 14.8 Å². The molecule has 1 aromatic heterocycles. The maximum atomic E-state index is 13.3. The van der Waals surface area contributed by atoms with Crippen molar-refractivity contribution in [1.82, 2.24) is 4.98 Å². The summed E-state index contributed by atoms with van der Waals surface area (Å²) in [4.78, 5) is 14.3. The molecule has 0 unspecified atom stereocenters. The van der Waals surface area contributed by atoms with Crippen LogP contribution < -0.4 is 0 Å². The van der Waals surface area contributed by atoms with Gasteiger partial charge in [-0.15, -0.1) is 0 Å². The van der Waals surface area contributed by atoms with Crippen LogP contribution >= 0.6 is 22.6 Å². The predicted octanol–water partition coefficient (Wildman–Crippen LogP) is 3.09. The molecule has 4 nitrogen and oxygen atoms in total. The second-order valence-electron chi connectivity index (χ2n) is 4.32. The molecule has 0 aliphatic rings. The number of hydrogen-bond acceptors (Lipinski definition) is 3. The summed E-state index contributed by atoms with van der Waals surface area (Å²) >= 11 is 1.93. The fraction of sp³-hybridized carbons (Fsp3) is 0.308. The van der Waals surface area contributed by atoms with E-state index in [0.29, 0.717) is 9.09 Å². The number of benzene rings is 1. The zero-order valence-corrected chi connectivity index (χ0v) is 12.9. The van der Waals surface area contributed by atoms with E-state index in [1.807, 2.05) is 22.6 Å². The van der Waals surface area contributed by atoms with Gasteiger partial charge in [0, 0.05) is 26.2 Å². The Labute approximate surface area is 131 Å². The van der Waals surface area contributed by atoms with Crippen molar-refractivity contribution in [3.63, 3.8) is 0 Å². The van der Waals surface area contributed by atoms with E-state index < -0.39 is 23.3 Å². The lowest BCUT2D eigenvalue weighted by atomic mass is 9.92. The minimum absolute atomic E-state index is 0.120. The third kappa shape index (κ3) is 2.61. The lowest BCUT2D eigenvalue weighted by molar-refractivity contribution is -0.267. The topological polar surface area (TPSA) is 62.3 Å². The first-order chi connectivity index (χ1) is 9.71. The van der Waals surface area contributed by atoms with Gasteiger partial charge in [-0.2, -0.15) is 13.2 Å². The molecule has 114 valence electrons. The Morgan fingerprint density at radius 1 is 1.43 bits per heavy atom. The van der Waals surface area contributed by atoms with Gasteiger partial charge in [-0.3, -0.25) is 0 Å². The van der Waals surface area contributed by atoms with Gasteiger partial charge in [-0.05, 0) is 47.7 Å². The first kappa shape index (κ1) is 16.1. The average Bonchev–Trinajstić information content (AvgIpc) is 2.79. The number of halogens is 4. The molecule has 0 radical (unpaired) electrons. The summed E-state index contributed by atoms with van der Waals surface area (Å²) in [5.41, 5.74) is -3.88. The highest BCUT2D eigenvalue weighted by Gasteiger charge is 2.63. The van der Waals surface area contributed by atoms with Gasteiger partial charge in [-0.1, -0.05) is 0 Å². The van der Waals surface area contributed by atoms with Crippen molar-refractivity contribution in [3.05, 3.63) is 33.5 Å². The van der Waals surface area contributed by atoms with Crippen molar-refractivity contribution in [1.29, 1.82) is 0 Å². The summed E-state index contributed by atoms with van der Waals surface area (Å²) < 4.78 is 45.0. The van der Waals surface area contributed by atoms with Crippen molar-refractivity contribution in [2.75, 3.05) is 6.61 Å². The summed E-state index contributed by atoms with van der Waals surface area (Å²) in [7, 11) is 0. The summed E-state index contributed by atoms with van der Waals surface area (Å²) in [5, 5.41) is 10.2. The minimum Gasteiger partial charge on any atom is -0.463 e. The zero-order valence-electron chi connectivity index (χ0n) is 10.8. The van der Waals surface area contributed by atoms with E-state index >= 15 is 0 Å². The van der Waals surface area contributed by atoms with E-state index in [0.717, 1.165) is 6.20 Å². The number of fused-ring (bicyclic) bond motifs is 1. The SMILES string of the molecule is CCOC(=O)[C@](O)(c1c[nH]c2ccc(I)cc12)C(F)(F)F. The molecule has 0 fully saturated rings. The van der Waals surface area contributed by atoms with Crippen molar-refractivity contribution in [2.24, 2.45) is 0 Å². The van der Waals surface area contributed by atoms with Gasteiger partial charge in [0.15, 0.2) is 0 Å². The lowest BCUT2D eigenvalue weighted by Crippen LogP contribution is -2.50. The number of aliphatic hydroxyl groups is 1. The van der Waals surface area contributed by atoms with Crippen molar-refractivity contribution >= 4 is 39.5 Å². The van der Waals surface area contributed by atoms with Gasteiger partial charge in [0.05, 0.1) is 6.61 Å². The number of hydrogen-bond donors (Lipinski definition) is 2. The normalized spacial score (nSPS) is 15.0. The second kappa shape index (κ2) is 5.48. The molecule has 0 spiro atoms. The zero-order chi connectivity index (χ0) is 15.8. The van der Waals surface area contributed by atoms with Gasteiger partial charge in [0.2, 0.25) is 0 Å². The van der Waals surface area contributed by atoms with Crippen LogP contribution in [-0.2, 0) is 15.1 Å². The Hall–Kier alpha value is -1.29. The van der Waals surface area contributed by atoms with Crippen LogP contribution in [0.25, 0.3) is 10.9 Å². The number of nitrogens with one attached hydrogen (secondary N) is 1. The Balaban J connectivity index is 2.70. The summed E-state index contributed by atoms with van der Waals surface area (Å²) in [5.74, 6) is -1.74. The van der Waals surface area contributed by atoms with Crippen LogP contribution in [0.5, 0.6) is 0 Å². The molecule has 1 aromatic carbocycles. The van der Waals surface area contributed by atoms with Crippen LogP contribution in [0.4, 0.5) is 13.2 Å². The Morgan fingerprint density at radius 2 is 2.10 bits per heavy atom. The van der Waals surface area contributed by atoms with Gasteiger partial charge in [0.25, 0.3) is 5.60 Å². The summed E-state index contributed by atoms with van der Waals surface area (Å²) in [6.07, 6.45) is -4.22. The van der Waals surface area contributed by atoms with Crippen LogP contribution in [0.1, 0.15) is 12.5 Å². The van der Waals surface area contributed by atoms with Crippen LogP contribution in [0.15, 0.2) is 24.4 Å². The van der Waals surface area contributed by atoms with Gasteiger partial charge in [0.1, 0.15) is 0 Å². The summed E-state index contributed by atoms with van der Waals surface area (Å²) in [6, 6.07) is 4.72. The molecule has 0 bridgehead atoms. The molecule has 0 amide bonds. The Bertz CT molecular complexity index is 683. The molecule has 2 rings (SSSR count). The van der Waals surface area contributed by atoms with E-state index in [4.69, 9.17) is 0 Å². The number of aromatic amines is 1. The smallest absolute Gasteiger partial charge is 0.432 e. The van der Waals surface area contributed by atoms with Crippen LogP contribution in [0.2, 0.25) is 0 Å². The summed E-state index contributed by atoms with van der Waals surface area (Å²) in [6.45, 7) is 1.10. The Morgan fingerprint density at radius 3 is 2.67 bits per heavy atom. The highest BCUT2D eigenvalue weighted by molar-refractivity contribution is 14.1. The van der Waals surface area contributed by atoms with Crippen LogP contribution in [0.3, 0.4) is 0 Å². The van der Waals surface area contributed by atoms with Crippen LogP contribution in [-0.4, -0.2) is 28.8 Å². The average molecular weight is 413 g/mol. The third-order valence-corrected chi connectivity index (χ3v) is 3.69. The highest BCUT2D eigenvalue weighted by Crippen LogP contribution is 2.43. The third-order valence-electron chi connectivity index (χ3n) is 3.01. The number of alkyl halides is 3. The minimum atomic E-state index is -5.20. The van der Waals surface area contributed by atoms with Crippen molar-refractivity contribution in [2.45, 2.75) is 18.7 Å².